The second-order valence-corrected chi connectivity index (χ2v) is 7.92. The molecule has 0 saturated heterocycles. The van der Waals surface area contributed by atoms with Gasteiger partial charge in [-0.25, -0.2) is 23.3 Å². The maximum Gasteiger partial charge on any atom is 0.397 e. The number of nitrogens with two attached hydrogens (primary N) is 1. The van der Waals surface area contributed by atoms with Crippen LogP contribution in [0, 0.1) is 0 Å². The lowest BCUT2D eigenvalue weighted by atomic mass is 10.1. The Morgan fingerprint density at radius 1 is 1.17 bits per heavy atom. The lowest BCUT2D eigenvalue weighted by Gasteiger charge is -2.12. The van der Waals surface area contributed by atoms with E-state index < -0.39 is 27.1 Å². The monoisotopic (exact) mass is 417 g/mol. The van der Waals surface area contributed by atoms with Crippen molar-refractivity contribution in [2.24, 2.45) is 5.14 Å². The first-order valence-electron chi connectivity index (χ1n) is 8.72. The number of rotatable bonds is 6. The number of fused-ring (bicyclic) bond motifs is 1. The van der Waals surface area contributed by atoms with Gasteiger partial charge in [-0.15, -0.1) is 0 Å². The Labute approximate surface area is 166 Å². The van der Waals surface area contributed by atoms with Crippen molar-refractivity contribution in [1.82, 2.24) is 4.98 Å². The molecule has 0 fully saturated rings. The Kier molecular flexibility index (Phi) is 5.95. The van der Waals surface area contributed by atoms with E-state index in [9.17, 15) is 18.0 Å². The Morgan fingerprint density at radius 3 is 2.48 bits per heavy atom. The third-order valence-corrected chi connectivity index (χ3v) is 5.24. The molecule has 1 unspecified atom stereocenters. The summed E-state index contributed by atoms with van der Waals surface area (Å²) in [5.74, 6) is -1.87. The molecule has 3 rings (SSSR count). The summed E-state index contributed by atoms with van der Waals surface area (Å²) in [6.07, 6.45) is 0.0256. The third-order valence-electron chi connectivity index (χ3n) is 4.08. The first-order chi connectivity index (χ1) is 13.8. The van der Waals surface area contributed by atoms with Crippen molar-refractivity contribution in [3.05, 3.63) is 60.0 Å². The highest BCUT2D eigenvalue weighted by atomic mass is 32.2. The van der Waals surface area contributed by atoms with Crippen LogP contribution in [0.3, 0.4) is 0 Å². The van der Waals surface area contributed by atoms with Crippen molar-refractivity contribution < 1.29 is 27.2 Å². The van der Waals surface area contributed by atoms with E-state index >= 15 is 0 Å². The van der Waals surface area contributed by atoms with Crippen molar-refractivity contribution in [2.45, 2.75) is 18.6 Å². The molecule has 0 radical (unpaired) electrons. The lowest BCUT2D eigenvalue weighted by Crippen LogP contribution is -2.25. The molecular formula is C19H19N3O6S. The van der Waals surface area contributed by atoms with E-state index in [0.29, 0.717) is 22.4 Å². The molecule has 0 aliphatic heterocycles. The zero-order valence-electron chi connectivity index (χ0n) is 15.5. The van der Waals surface area contributed by atoms with Crippen LogP contribution in [-0.4, -0.2) is 31.9 Å². The molecule has 10 heteroatoms. The van der Waals surface area contributed by atoms with Crippen LogP contribution >= 0.6 is 0 Å². The predicted octanol–water partition coefficient (Wildman–Crippen LogP) is 1.90. The molecule has 152 valence electrons. The summed E-state index contributed by atoms with van der Waals surface area (Å²) in [4.78, 5) is 27.3. The van der Waals surface area contributed by atoms with Gasteiger partial charge in [-0.1, -0.05) is 24.3 Å². The SMILES string of the molecule is CCOC(=O)C(=O)Nc1ccc(CC(c2nc3ccccc3o2)S(N)(=O)=O)cc1. The number of primary sulfonamides is 1. The van der Waals surface area contributed by atoms with Gasteiger partial charge in [0.05, 0.1) is 6.61 Å². The standard InChI is InChI=1S/C19H19N3O6S/c1-2-27-19(24)17(23)21-13-9-7-12(8-10-13)11-16(29(20,25)26)18-22-14-5-3-4-6-15(14)28-18/h3-10,16H,2,11H2,1H3,(H,21,23)(H2,20,25,26). The fourth-order valence-corrected chi connectivity index (χ4v) is 3.50. The molecule has 0 saturated carbocycles. The molecule has 1 heterocycles. The maximum atomic E-state index is 12.1. The van der Waals surface area contributed by atoms with Gasteiger partial charge < -0.3 is 14.5 Å². The van der Waals surface area contributed by atoms with E-state index in [0.717, 1.165) is 0 Å². The molecule has 0 spiro atoms. The number of para-hydroxylation sites is 2. The summed E-state index contributed by atoms with van der Waals surface area (Å²) in [6, 6.07) is 13.2. The maximum absolute atomic E-state index is 12.1. The number of hydrogen-bond donors (Lipinski definition) is 2. The molecule has 1 aromatic heterocycles. The average Bonchev–Trinajstić information content (AvgIpc) is 3.10. The van der Waals surface area contributed by atoms with E-state index in [4.69, 9.17) is 9.56 Å². The van der Waals surface area contributed by atoms with Crippen molar-refractivity contribution in [3.63, 3.8) is 0 Å². The fraction of sp³-hybridized carbons (Fsp3) is 0.211. The van der Waals surface area contributed by atoms with Crippen LogP contribution in [0.4, 0.5) is 5.69 Å². The molecule has 3 N–H and O–H groups in total. The number of oxazole rings is 1. The molecule has 0 aliphatic carbocycles. The second kappa shape index (κ2) is 8.41. The van der Waals surface area contributed by atoms with Gasteiger partial charge in [-0.05, 0) is 43.2 Å². The van der Waals surface area contributed by atoms with Crippen LogP contribution in [0.2, 0.25) is 0 Å². The summed E-state index contributed by atoms with van der Waals surface area (Å²) in [6.45, 7) is 1.69. The zero-order chi connectivity index (χ0) is 21.0. The van der Waals surface area contributed by atoms with Gasteiger partial charge >= 0.3 is 11.9 Å². The largest absolute Gasteiger partial charge is 0.459 e. The summed E-state index contributed by atoms with van der Waals surface area (Å²) in [5, 5.41) is 6.63. The van der Waals surface area contributed by atoms with Crippen molar-refractivity contribution >= 4 is 38.7 Å². The summed E-state index contributed by atoms with van der Waals surface area (Å²) in [5.41, 5.74) is 1.99. The number of anilines is 1. The van der Waals surface area contributed by atoms with Crippen LogP contribution < -0.4 is 10.5 Å². The highest BCUT2D eigenvalue weighted by Crippen LogP contribution is 2.28. The molecular weight excluding hydrogens is 398 g/mol. The first kappa shape index (κ1) is 20.5. The quantitative estimate of drug-likeness (QED) is 0.461. The first-order valence-corrected chi connectivity index (χ1v) is 10.3. The number of sulfonamides is 1. The Hall–Kier alpha value is -3.24. The van der Waals surface area contributed by atoms with Gasteiger partial charge in [-0.2, -0.15) is 0 Å². The van der Waals surface area contributed by atoms with Crippen molar-refractivity contribution in [1.29, 1.82) is 0 Å². The van der Waals surface area contributed by atoms with Crippen LogP contribution in [0.1, 0.15) is 23.6 Å². The van der Waals surface area contributed by atoms with Crippen LogP contribution in [0.25, 0.3) is 11.1 Å². The molecule has 0 bridgehead atoms. The van der Waals surface area contributed by atoms with E-state index in [2.05, 4.69) is 15.0 Å². The molecule has 0 aliphatic rings. The number of esters is 1. The third kappa shape index (κ3) is 4.98. The Morgan fingerprint density at radius 2 is 1.86 bits per heavy atom. The highest BCUT2D eigenvalue weighted by molar-refractivity contribution is 7.89. The smallest absolute Gasteiger partial charge is 0.397 e. The zero-order valence-corrected chi connectivity index (χ0v) is 16.3. The minimum Gasteiger partial charge on any atom is -0.459 e. The fourth-order valence-electron chi connectivity index (χ4n) is 2.69. The summed E-state index contributed by atoms with van der Waals surface area (Å²) < 4.78 is 34.5. The van der Waals surface area contributed by atoms with Crippen molar-refractivity contribution in [2.75, 3.05) is 11.9 Å². The number of aromatic nitrogens is 1. The number of ether oxygens (including phenoxy) is 1. The Balaban J connectivity index is 1.78. The number of carbonyl (C=O) groups excluding carboxylic acids is 2. The minimum atomic E-state index is -4.00. The van der Waals surface area contributed by atoms with Gasteiger partial charge in [0.15, 0.2) is 10.8 Å². The summed E-state index contributed by atoms with van der Waals surface area (Å²) >= 11 is 0. The van der Waals surface area contributed by atoms with E-state index in [1.54, 1.807) is 55.5 Å². The van der Waals surface area contributed by atoms with Gasteiger partial charge in [0.2, 0.25) is 15.9 Å². The molecule has 29 heavy (non-hydrogen) atoms. The van der Waals surface area contributed by atoms with Crippen molar-refractivity contribution in [3.8, 4) is 0 Å². The van der Waals surface area contributed by atoms with Gasteiger partial charge in [0.1, 0.15) is 5.52 Å². The molecule has 3 aromatic rings. The predicted molar refractivity (Wildman–Crippen MR) is 105 cm³/mol. The topological polar surface area (TPSA) is 142 Å². The molecule has 2 aromatic carbocycles. The average molecular weight is 417 g/mol. The van der Waals surface area contributed by atoms with Crippen LogP contribution in [0.5, 0.6) is 0 Å². The molecule has 9 nitrogen and oxygen atoms in total. The Bertz CT molecular complexity index is 1110. The molecule has 1 amide bonds. The molecule has 1 atom stereocenters. The number of nitrogens with zero attached hydrogens (tertiary/aromatic N) is 1. The van der Waals surface area contributed by atoms with Gasteiger partial charge in [0.25, 0.3) is 0 Å². The van der Waals surface area contributed by atoms with E-state index in [-0.39, 0.29) is 18.9 Å². The number of hydrogen-bond acceptors (Lipinski definition) is 7. The number of nitrogens with one attached hydrogen (secondary N) is 1. The second-order valence-electron chi connectivity index (χ2n) is 6.17. The number of carbonyl (C=O) groups is 2. The number of benzene rings is 2. The highest BCUT2D eigenvalue weighted by Gasteiger charge is 2.29. The van der Waals surface area contributed by atoms with Gasteiger partial charge in [-0.3, -0.25) is 4.79 Å². The van der Waals surface area contributed by atoms with E-state index in [1.165, 1.54) is 0 Å². The van der Waals surface area contributed by atoms with Gasteiger partial charge in [0, 0.05) is 5.69 Å². The van der Waals surface area contributed by atoms with Crippen LogP contribution in [-0.2, 0) is 30.8 Å². The van der Waals surface area contributed by atoms with E-state index in [1.807, 2.05) is 0 Å². The minimum absolute atomic E-state index is 0.00777. The number of amides is 1. The normalized spacial score (nSPS) is 12.5. The lowest BCUT2D eigenvalue weighted by molar-refractivity contribution is -0.152. The van der Waals surface area contributed by atoms with Crippen LogP contribution in [0.15, 0.2) is 52.9 Å². The summed E-state index contributed by atoms with van der Waals surface area (Å²) in [7, 11) is -4.00.